The molecule has 0 spiro atoms. The monoisotopic (exact) mass is 144 g/mol. The Kier molecular flexibility index (Phi) is 2.69. The van der Waals surface area contributed by atoms with E-state index in [1.54, 1.807) is 6.92 Å². The van der Waals surface area contributed by atoms with Crippen LogP contribution in [0.1, 0.15) is 26.2 Å². The van der Waals surface area contributed by atoms with Crippen molar-refractivity contribution in [3.8, 4) is 0 Å². The lowest BCUT2D eigenvalue weighted by atomic mass is 9.98. The van der Waals surface area contributed by atoms with Crippen LogP contribution in [0.5, 0.6) is 0 Å². The Morgan fingerprint density at radius 2 is 2.10 bits per heavy atom. The third-order valence-corrected chi connectivity index (χ3v) is 2.17. The van der Waals surface area contributed by atoms with Gasteiger partial charge in [0.2, 0.25) is 0 Å². The minimum atomic E-state index is -0.252. The van der Waals surface area contributed by atoms with Crippen LogP contribution in [0.15, 0.2) is 0 Å². The van der Waals surface area contributed by atoms with Gasteiger partial charge in [0.15, 0.2) is 0 Å². The number of aliphatic hydroxyl groups excluding tert-OH is 2. The molecule has 0 aromatic heterocycles. The van der Waals surface area contributed by atoms with E-state index in [4.69, 9.17) is 10.2 Å². The molecular weight excluding hydrogens is 128 g/mol. The van der Waals surface area contributed by atoms with Gasteiger partial charge in [-0.3, -0.25) is 0 Å². The second kappa shape index (κ2) is 3.35. The number of hydrogen-bond donors (Lipinski definition) is 2. The first-order chi connectivity index (χ1) is 4.74. The summed E-state index contributed by atoms with van der Waals surface area (Å²) in [4.78, 5) is 0. The van der Waals surface area contributed by atoms with Gasteiger partial charge in [-0.1, -0.05) is 0 Å². The van der Waals surface area contributed by atoms with E-state index in [2.05, 4.69) is 0 Å². The van der Waals surface area contributed by atoms with Crippen molar-refractivity contribution in [2.24, 2.45) is 11.8 Å². The molecule has 2 N–H and O–H groups in total. The Hall–Kier alpha value is -0.0800. The molecule has 2 heteroatoms. The van der Waals surface area contributed by atoms with Crippen molar-refractivity contribution in [2.45, 2.75) is 32.3 Å². The zero-order chi connectivity index (χ0) is 7.56. The molecule has 1 rings (SSSR count). The third kappa shape index (κ3) is 2.27. The van der Waals surface area contributed by atoms with Crippen molar-refractivity contribution in [3.05, 3.63) is 0 Å². The quantitative estimate of drug-likeness (QED) is 0.612. The van der Waals surface area contributed by atoms with E-state index in [1.807, 2.05) is 0 Å². The van der Waals surface area contributed by atoms with Gasteiger partial charge < -0.3 is 10.2 Å². The van der Waals surface area contributed by atoms with E-state index < -0.39 is 0 Å². The minimum absolute atomic E-state index is 0.246. The SMILES string of the molecule is C[C@H](O)CC(CO)C1CC1. The molecule has 2 nitrogen and oxygen atoms in total. The van der Waals surface area contributed by atoms with Gasteiger partial charge >= 0.3 is 0 Å². The number of rotatable bonds is 4. The fraction of sp³-hybridized carbons (Fsp3) is 1.00. The fourth-order valence-electron chi connectivity index (χ4n) is 1.42. The molecule has 1 aliphatic rings. The molecule has 0 aromatic carbocycles. The van der Waals surface area contributed by atoms with E-state index in [0.717, 1.165) is 6.42 Å². The number of hydrogen-bond acceptors (Lipinski definition) is 2. The largest absolute Gasteiger partial charge is 0.396 e. The predicted octanol–water partition coefficient (Wildman–Crippen LogP) is 0.776. The molecule has 0 amide bonds. The highest BCUT2D eigenvalue weighted by atomic mass is 16.3. The van der Waals surface area contributed by atoms with E-state index in [9.17, 15) is 0 Å². The van der Waals surface area contributed by atoms with Crippen LogP contribution in [-0.2, 0) is 0 Å². The Morgan fingerprint density at radius 1 is 1.50 bits per heavy atom. The molecule has 1 unspecified atom stereocenters. The Morgan fingerprint density at radius 3 is 2.40 bits per heavy atom. The van der Waals surface area contributed by atoms with Crippen LogP contribution in [0.25, 0.3) is 0 Å². The van der Waals surface area contributed by atoms with Gasteiger partial charge in [0.05, 0.1) is 6.10 Å². The Bertz CT molecular complexity index is 97.4. The zero-order valence-electron chi connectivity index (χ0n) is 6.45. The van der Waals surface area contributed by atoms with Gasteiger partial charge in [-0.2, -0.15) is 0 Å². The maximum Gasteiger partial charge on any atom is 0.0515 e. The maximum absolute atomic E-state index is 9.02. The summed E-state index contributed by atoms with van der Waals surface area (Å²) in [5, 5.41) is 17.9. The first-order valence-electron chi connectivity index (χ1n) is 4.03. The third-order valence-electron chi connectivity index (χ3n) is 2.17. The second-order valence-electron chi connectivity index (χ2n) is 3.36. The molecule has 0 radical (unpaired) electrons. The smallest absolute Gasteiger partial charge is 0.0515 e. The van der Waals surface area contributed by atoms with Crippen molar-refractivity contribution >= 4 is 0 Å². The highest BCUT2D eigenvalue weighted by molar-refractivity contribution is 4.81. The predicted molar refractivity (Wildman–Crippen MR) is 39.6 cm³/mol. The van der Waals surface area contributed by atoms with Gasteiger partial charge in [-0.15, -0.1) is 0 Å². The van der Waals surface area contributed by atoms with Crippen molar-refractivity contribution < 1.29 is 10.2 Å². The summed E-state index contributed by atoms with van der Waals surface area (Å²) >= 11 is 0. The fourth-order valence-corrected chi connectivity index (χ4v) is 1.42. The van der Waals surface area contributed by atoms with Crippen LogP contribution in [0, 0.1) is 11.8 Å². The molecule has 60 valence electrons. The zero-order valence-corrected chi connectivity index (χ0v) is 6.45. The van der Waals surface area contributed by atoms with Gasteiger partial charge in [0.25, 0.3) is 0 Å². The van der Waals surface area contributed by atoms with Gasteiger partial charge in [0.1, 0.15) is 0 Å². The van der Waals surface area contributed by atoms with Crippen LogP contribution in [-0.4, -0.2) is 22.9 Å². The van der Waals surface area contributed by atoms with Crippen molar-refractivity contribution in [1.82, 2.24) is 0 Å². The Labute approximate surface area is 61.9 Å². The van der Waals surface area contributed by atoms with Crippen LogP contribution >= 0.6 is 0 Å². The average molecular weight is 144 g/mol. The second-order valence-corrected chi connectivity index (χ2v) is 3.36. The number of aliphatic hydroxyl groups is 2. The lowest BCUT2D eigenvalue weighted by molar-refractivity contribution is 0.119. The van der Waals surface area contributed by atoms with Crippen molar-refractivity contribution in [1.29, 1.82) is 0 Å². The molecule has 0 aromatic rings. The van der Waals surface area contributed by atoms with Crippen LogP contribution in [0.2, 0.25) is 0 Å². The van der Waals surface area contributed by atoms with E-state index in [-0.39, 0.29) is 12.7 Å². The highest BCUT2D eigenvalue weighted by Gasteiger charge is 2.30. The van der Waals surface area contributed by atoms with Crippen molar-refractivity contribution in [2.75, 3.05) is 6.61 Å². The molecule has 1 saturated carbocycles. The summed E-state index contributed by atoms with van der Waals surface area (Å²) in [5.74, 6) is 1.07. The van der Waals surface area contributed by atoms with Gasteiger partial charge in [-0.25, -0.2) is 0 Å². The van der Waals surface area contributed by atoms with E-state index in [1.165, 1.54) is 12.8 Å². The topological polar surface area (TPSA) is 40.5 Å². The molecule has 2 atom stereocenters. The first kappa shape index (κ1) is 8.02. The van der Waals surface area contributed by atoms with Crippen LogP contribution in [0.4, 0.5) is 0 Å². The van der Waals surface area contributed by atoms with Crippen LogP contribution < -0.4 is 0 Å². The van der Waals surface area contributed by atoms with Gasteiger partial charge in [0, 0.05) is 6.61 Å². The first-order valence-corrected chi connectivity index (χ1v) is 4.03. The van der Waals surface area contributed by atoms with Gasteiger partial charge in [-0.05, 0) is 38.0 Å². The summed E-state index contributed by atoms with van der Waals surface area (Å²) in [6.45, 7) is 2.03. The molecule has 0 bridgehead atoms. The summed E-state index contributed by atoms with van der Waals surface area (Å²) in [6, 6.07) is 0. The van der Waals surface area contributed by atoms with E-state index in [0.29, 0.717) is 11.8 Å². The Balaban J connectivity index is 2.19. The molecule has 10 heavy (non-hydrogen) atoms. The van der Waals surface area contributed by atoms with E-state index >= 15 is 0 Å². The van der Waals surface area contributed by atoms with Crippen LogP contribution in [0.3, 0.4) is 0 Å². The van der Waals surface area contributed by atoms with Crippen molar-refractivity contribution in [3.63, 3.8) is 0 Å². The highest BCUT2D eigenvalue weighted by Crippen LogP contribution is 2.38. The lowest BCUT2D eigenvalue weighted by Gasteiger charge is -2.13. The molecule has 1 aliphatic carbocycles. The normalized spacial score (nSPS) is 24.3. The molecule has 0 saturated heterocycles. The lowest BCUT2D eigenvalue weighted by Crippen LogP contribution is -2.15. The maximum atomic E-state index is 9.02. The molecule has 0 heterocycles. The summed E-state index contributed by atoms with van der Waals surface area (Å²) < 4.78 is 0. The molecule has 1 fully saturated rings. The summed E-state index contributed by atoms with van der Waals surface area (Å²) in [6.07, 6.45) is 3.01. The average Bonchev–Trinajstić information content (AvgIpc) is 2.63. The molecule has 0 aliphatic heterocycles. The standard InChI is InChI=1S/C8H16O2/c1-6(10)4-8(5-9)7-2-3-7/h6-10H,2-5H2,1H3/t6-,8?/m0/s1. The minimum Gasteiger partial charge on any atom is -0.396 e. The molecular formula is C8H16O2. The summed E-state index contributed by atoms with van der Waals surface area (Å²) in [5.41, 5.74) is 0. The summed E-state index contributed by atoms with van der Waals surface area (Å²) in [7, 11) is 0.